The molecule has 1 aromatic carbocycles. The third kappa shape index (κ3) is 3.92. The molecule has 0 aromatic heterocycles. The van der Waals surface area contributed by atoms with Gasteiger partial charge in [0.25, 0.3) is 0 Å². The van der Waals surface area contributed by atoms with Crippen LogP contribution in [0.2, 0.25) is 0 Å². The molecular formula is C13H22N2O3S. The van der Waals surface area contributed by atoms with Crippen LogP contribution in [0.15, 0.2) is 17.0 Å². The zero-order valence-electron chi connectivity index (χ0n) is 11.9. The van der Waals surface area contributed by atoms with Crippen LogP contribution in [0.5, 0.6) is 0 Å². The van der Waals surface area contributed by atoms with Crippen LogP contribution in [0.4, 0.5) is 5.69 Å². The Bertz CT molecular complexity index is 518. The molecule has 0 heterocycles. The number of nitrogens with two attached hydrogens (primary N) is 1. The molecule has 0 aliphatic rings. The first-order valence-corrected chi connectivity index (χ1v) is 7.68. The molecule has 0 fully saturated rings. The molecule has 0 bridgehead atoms. The predicted molar refractivity (Wildman–Crippen MR) is 76.6 cm³/mol. The first-order chi connectivity index (χ1) is 8.81. The lowest BCUT2D eigenvalue weighted by Crippen LogP contribution is -2.37. The Hall–Kier alpha value is -1.11. The number of nitrogen functional groups attached to an aromatic ring is 1. The second kappa shape index (κ2) is 6.36. The summed E-state index contributed by atoms with van der Waals surface area (Å²) in [6, 6.07) is 2.88. The van der Waals surface area contributed by atoms with Crippen LogP contribution >= 0.6 is 0 Å². The predicted octanol–water partition coefficient (Wildman–Crippen LogP) is 1.59. The van der Waals surface area contributed by atoms with Crippen LogP contribution < -0.4 is 10.5 Å². The van der Waals surface area contributed by atoms with Gasteiger partial charge in [0.05, 0.1) is 11.5 Å². The molecule has 3 N–H and O–H groups in total. The summed E-state index contributed by atoms with van der Waals surface area (Å²) in [4.78, 5) is 0.197. The van der Waals surface area contributed by atoms with E-state index in [9.17, 15) is 8.42 Å². The van der Waals surface area contributed by atoms with Gasteiger partial charge in [-0.3, -0.25) is 0 Å². The molecule has 1 rings (SSSR count). The van der Waals surface area contributed by atoms with E-state index in [0.717, 1.165) is 11.1 Å². The lowest BCUT2D eigenvalue weighted by Gasteiger charge is -2.17. The number of nitrogens with one attached hydrogen (secondary N) is 1. The van der Waals surface area contributed by atoms with Crippen molar-refractivity contribution in [3.8, 4) is 0 Å². The van der Waals surface area contributed by atoms with E-state index in [4.69, 9.17) is 10.5 Å². The number of aryl methyl sites for hydroxylation is 1. The second-order valence-electron chi connectivity index (χ2n) is 4.64. The molecular weight excluding hydrogens is 264 g/mol. The van der Waals surface area contributed by atoms with Crippen LogP contribution in [0.3, 0.4) is 0 Å². The Labute approximate surface area is 115 Å². The van der Waals surface area contributed by atoms with E-state index in [-0.39, 0.29) is 10.9 Å². The largest absolute Gasteiger partial charge is 0.398 e. The first-order valence-electron chi connectivity index (χ1n) is 6.19. The van der Waals surface area contributed by atoms with Crippen molar-refractivity contribution in [2.24, 2.45) is 0 Å². The monoisotopic (exact) mass is 286 g/mol. The van der Waals surface area contributed by atoms with Gasteiger partial charge >= 0.3 is 0 Å². The Morgan fingerprint density at radius 2 is 2.00 bits per heavy atom. The van der Waals surface area contributed by atoms with Crippen molar-refractivity contribution in [2.75, 3.05) is 19.5 Å². The van der Waals surface area contributed by atoms with E-state index in [2.05, 4.69) is 4.72 Å². The molecule has 0 aliphatic carbocycles. The van der Waals surface area contributed by atoms with Gasteiger partial charge in [-0.1, -0.05) is 6.92 Å². The smallest absolute Gasteiger partial charge is 0.240 e. The van der Waals surface area contributed by atoms with Crippen LogP contribution in [-0.2, 0) is 14.8 Å². The minimum atomic E-state index is -3.57. The van der Waals surface area contributed by atoms with Gasteiger partial charge in [0.15, 0.2) is 0 Å². The number of hydrogen-bond donors (Lipinski definition) is 2. The van der Waals surface area contributed by atoms with E-state index in [0.29, 0.717) is 18.7 Å². The highest BCUT2D eigenvalue weighted by atomic mass is 32.2. The Morgan fingerprint density at radius 1 is 1.37 bits per heavy atom. The molecule has 0 saturated heterocycles. The normalized spacial score (nSPS) is 13.5. The highest BCUT2D eigenvalue weighted by Gasteiger charge is 2.20. The average molecular weight is 286 g/mol. The molecule has 1 unspecified atom stereocenters. The fourth-order valence-electron chi connectivity index (χ4n) is 1.73. The number of anilines is 1. The van der Waals surface area contributed by atoms with Crippen molar-refractivity contribution in [1.29, 1.82) is 0 Å². The highest BCUT2D eigenvalue weighted by molar-refractivity contribution is 7.89. The van der Waals surface area contributed by atoms with Gasteiger partial charge in [0.2, 0.25) is 10.0 Å². The zero-order valence-corrected chi connectivity index (χ0v) is 12.7. The number of methoxy groups -OCH3 is 1. The van der Waals surface area contributed by atoms with Crippen LogP contribution in [0, 0.1) is 13.8 Å². The maximum absolute atomic E-state index is 12.3. The molecule has 0 radical (unpaired) electrons. The summed E-state index contributed by atoms with van der Waals surface area (Å²) in [6.45, 7) is 5.96. The Kier molecular flexibility index (Phi) is 5.34. The van der Waals surface area contributed by atoms with Crippen molar-refractivity contribution >= 4 is 15.7 Å². The maximum Gasteiger partial charge on any atom is 0.240 e. The third-order valence-electron chi connectivity index (χ3n) is 3.17. The SMILES string of the molecule is CCC(COC)NS(=O)(=O)c1cc(C)c(C)c(N)c1. The molecule has 0 aliphatic heterocycles. The molecule has 6 heteroatoms. The maximum atomic E-state index is 12.3. The van der Waals surface area contributed by atoms with E-state index < -0.39 is 10.0 Å². The van der Waals surface area contributed by atoms with E-state index in [1.807, 2.05) is 20.8 Å². The summed E-state index contributed by atoms with van der Waals surface area (Å²) in [6.07, 6.45) is 0.660. The number of benzene rings is 1. The topological polar surface area (TPSA) is 81.4 Å². The van der Waals surface area contributed by atoms with E-state index >= 15 is 0 Å². The molecule has 0 spiro atoms. The minimum absolute atomic E-state index is 0.197. The fraction of sp³-hybridized carbons (Fsp3) is 0.538. The third-order valence-corrected chi connectivity index (χ3v) is 4.67. The van der Waals surface area contributed by atoms with Gasteiger partial charge in [-0.25, -0.2) is 13.1 Å². The van der Waals surface area contributed by atoms with Gasteiger partial charge < -0.3 is 10.5 Å². The van der Waals surface area contributed by atoms with E-state index in [1.165, 1.54) is 6.07 Å². The standard InChI is InChI=1S/C13H22N2O3S/c1-5-11(8-18-4)15-19(16,17)12-6-9(2)10(3)13(14)7-12/h6-7,11,15H,5,8,14H2,1-4H3. The quantitative estimate of drug-likeness (QED) is 0.778. The Balaban J connectivity index is 3.07. The van der Waals surface area contributed by atoms with Gasteiger partial charge in [-0.05, 0) is 43.5 Å². The van der Waals surface area contributed by atoms with Crippen molar-refractivity contribution in [3.05, 3.63) is 23.3 Å². The number of sulfonamides is 1. The highest BCUT2D eigenvalue weighted by Crippen LogP contribution is 2.21. The minimum Gasteiger partial charge on any atom is -0.398 e. The first kappa shape index (κ1) is 15.9. The summed E-state index contributed by atoms with van der Waals surface area (Å²) < 4.78 is 32.2. The number of rotatable bonds is 6. The van der Waals surface area contributed by atoms with Crippen molar-refractivity contribution < 1.29 is 13.2 Å². The lowest BCUT2D eigenvalue weighted by atomic mass is 10.1. The average Bonchev–Trinajstić information content (AvgIpc) is 2.34. The van der Waals surface area contributed by atoms with Crippen molar-refractivity contribution in [2.45, 2.75) is 38.1 Å². The lowest BCUT2D eigenvalue weighted by molar-refractivity contribution is 0.173. The van der Waals surface area contributed by atoms with Gasteiger partial charge in [0, 0.05) is 18.8 Å². The molecule has 5 nitrogen and oxygen atoms in total. The number of ether oxygens (including phenoxy) is 1. The fourth-order valence-corrected chi connectivity index (χ4v) is 3.16. The molecule has 1 atom stereocenters. The summed E-state index contributed by atoms with van der Waals surface area (Å²) in [5, 5.41) is 0. The van der Waals surface area contributed by atoms with Crippen LogP contribution in [0.25, 0.3) is 0 Å². The zero-order chi connectivity index (χ0) is 14.6. The summed E-state index contributed by atoms with van der Waals surface area (Å²) in [5.74, 6) is 0. The molecule has 19 heavy (non-hydrogen) atoms. The summed E-state index contributed by atoms with van der Waals surface area (Å²) in [7, 11) is -2.02. The second-order valence-corrected chi connectivity index (χ2v) is 6.35. The van der Waals surface area contributed by atoms with Crippen molar-refractivity contribution in [1.82, 2.24) is 4.72 Å². The van der Waals surface area contributed by atoms with Gasteiger partial charge in [0.1, 0.15) is 0 Å². The van der Waals surface area contributed by atoms with Gasteiger partial charge in [-0.15, -0.1) is 0 Å². The van der Waals surface area contributed by atoms with Crippen LogP contribution in [-0.4, -0.2) is 28.2 Å². The molecule has 0 saturated carbocycles. The molecule has 0 amide bonds. The summed E-state index contributed by atoms with van der Waals surface area (Å²) in [5.41, 5.74) is 8.08. The van der Waals surface area contributed by atoms with Crippen LogP contribution in [0.1, 0.15) is 24.5 Å². The molecule has 108 valence electrons. The number of hydrogen-bond acceptors (Lipinski definition) is 4. The Morgan fingerprint density at radius 3 is 2.47 bits per heavy atom. The van der Waals surface area contributed by atoms with Crippen molar-refractivity contribution in [3.63, 3.8) is 0 Å². The molecule has 1 aromatic rings. The van der Waals surface area contributed by atoms with E-state index in [1.54, 1.807) is 13.2 Å². The summed E-state index contributed by atoms with van der Waals surface area (Å²) >= 11 is 0. The van der Waals surface area contributed by atoms with Gasteiger partial charge in [-0.2, -0.15) is 0 Å².